The normalized spacial score (nSPS) is 11.2. The molecule has 0 unspecified atom stereocenters. The fraction of sp³-hybridized carbons (Fsp3) is 0.105. The topological polar surface area (TPSA) is 99.6 Å². The van der Waals surface area contributed by atoms with Crippen molar-refractivity contribution in [3.8, 4) is 22.8 Å². The Balaban J connectivity index is 1.69. The maximum absolute atomic E-state index is 12.2. The average Bonchev–Trinajstić information content (AvgIpc) is 3.17. The number of carbonyl (C=O) groups is 1. The molecule has 0 fully saturated rings. The number of aromatic amines is 1. The summed E-state index contributed by atoms with van der Waals surface area (Å²) in [6.07, 6.45) is 0. The number of amides is 1. The van der Waals surface area contributed by atoms with Crippen LogP contribution in [0.4, 0.5) is 0 Å². The first-order valence-electron chi connectivity index (χ1n) is 7.90. The fourth-order valence-corrected chi connectivity index (χ4v) is 2.31. The van der Waals surface area contributed by atoms with E-state index in [2.05, 4.69) is 20.7 Å². The number of aromatic nitrogens is 2. The van der Waals surface area contributed by atoms with Crippen molar-refractivity contribution in [1.82, 2.24) is 15.6 Å². The second-order valence-electron chi connectivity index (χ2n) is 5.58. The van der Waals surface area contributed by atoms with Crippen LogP contribution in [0, 0.1) is 0 Å². The summed E-state index contributed by atoms with van der Waals surface area (Å²) in [5.41, 5.74) is 5.73. The van der Waals surface area contributed by atoms with E-state index in [1.165, 1.54) is 0 Å². The van der Waals surface area contributed by atoms with Gasteiger partial charge in [-0.15, -0.1) is 0 Å². The van der Waals surface area contributed by atoms with E-state index in [1.54, 1.807) is 44.4 Å². The van der Waals surface area contributed by atoms with Crippen molar-refractivity contribution in [2.75, 3.05) is 7.11 Å². The summed E-state index contributed by atoms with van der Waals surface area (Å²) in [6.45, 7) is 1.77. The number of ether oxygens (including phenoxy) is 1. The third-order valence-electron chi connectivity index (χ3n) is 3.82. The molecule has 2 aromatic carbocycles. The molecule has 0 spiro atoms. The highest BCUT2D eigenvalue weighted by molar-refractivity contribution is 6.00. The molecule has 1 heterocycles. The molecule has 3 rings (SSSR count). The molecule has 0 saturated carbocycles. The van der Waals surface area contributed by atoms with E-state index < -0.39 is 5.91 Å². The Kier molecular flexibility index (Phi) is 4.98. The highest BCUT2D eigenvalue weighted by atomic mass is 16.5. The number of H-pyrrole nitrogens is 1. The van der Waals surface area contributed by atoms with Crippen molar-refractivity contribution < 1.29 is 14.6 Å². The number of aromatic hydroxyl groups is 1. The van der Waals surface area contributed by atoms with Gasteiger partial charge < -0.3 is 9.84 Å². The lowest BCUT2D eigenvalue weighted by atomic mass is 10.1. The van der Waals surface area contributed by atoms with Gasteiger partial charge in [0.2, 0.25) is 0 Å². The van der Waals surface area contributed by atoms with Crippen molar-refractivity contribution in [3.05, 3.63) is 65.9 Å². The first-order valence-corrected chi connectivity index (χ1v) is 7.90. The number of phenols is 1. The standard InChI is InChI=1S/C19H18N4O3/c1-12(13-3-7-15(24)8-4-13)20-23-19(25)18-11-17(21-22-18)14-5-9-16(26-2)10-6-14/h3-11,24H,1-2H3,(H,21,22)(H,23,25)/b20-12-. The Labute approximate surface area is 150 Å². The first kappa shape index (κ1) is 17.2. The van der Waals surface area contributed by atoms with Gasteiger partial charge in [-0.3, -0.25) is 9.89 Å². The summed E-state index contributed by atoms with van der Waals surface area (Å²) >= 11 is 0. The van der Waals surface area contributed by atoms with Gasteiger partial charge >= 0.3 is 0 Å². The molecule has 0 saturated heterocycles. The summed E-state index contributed by atoms with van der Waals surface area (Å²) in [6, 6.07) is 15.6. The van der Waals surface area contributed by atoms with Crippen molar-refractivity contribution in [2.45, 2.75) is 6.92 Å². The van der Waals surface area contributed by atoms with Gasteiger partial charge in [0, 0.05) is 5.56 Å². The van der Waals surface area contributed by atoms with E-state index in [4.69, 9.17) is 4.74 Å². The van der Waals surface area contributed by atoms with E-state index in [9.17, 15) is 9.90 Å². The molecule has 0 atom stereocenters. The van der Waals surface area contributed by atoms with Crippen molar-refractivity contribution >= 4 is 11.6 Å². The number of hydrazone groups is 1. The summed E-state index contributed by atoms with van der Waals surface area (Å²) in [4.78, 5) is 12.2. The molecule has 0 aliphatic carbocycles. The number of hydrogen-bond donors (Lipinski definition) is 3. The number of hydrogen-bond acceptors (Lipinski definition) is 5. The number of rotatable bonds is 5. The summed E-state index contributed by atoms with van der Waals surface area (Å²) in [7, 11) is 1.60. The lowest BCUT2D eigenvalue weighted by molar-refractivity contribution is 0.0950. The van der Waals surface area contributed by atoms with Gasteiger partial charge in [-0.25, -0.2) is 5.43 Å². The van der Waals surface area contributed by atoms with Crippen LogP contribution in [0.3, 0.4) is 0 Å². The van der Waals surface area contributed by atoms with Crippen molar-refractivity contribution in [1.29, 1.82) is 0 Å². The minimum absolute atomic E-state index is 0.175. The third-order valence-corrected chi connectivity index (χ3v) is 3.82. The van der Waals surface area contributed by atoms with E-state index in [1.807, 2.05) is 24.3 Å². The number of benzene rings is 2. The second kappa shape index (κ2) is 7.52. The van der Waals surface area contributed by atoms with E-state index in [0.717, 1.165) is 16.9 Å². The number of phenolic OH excluding ortho intramolecular Hbond substituents is 1. The van der Waals surface area contributed by atoms with Crippen LogP contribution >= 0.6 is 0 Å². The molecule has 3 N–H and O–H groups in total. The lowest BCUT2D eigenvalue weighted by Crippen LogP contribution is -2.19. The van der Waals surface area contributed by atoms with E-state index >= 15 is 0 Å². The zero-order chi connectivity index (χ0) is 18.5. The largest absolute Gasteiger partial charge is 0.508 e. The predicted molar refractivity (Wildman–Crippen MR) is 98.4 cm³/mol. The van der Waals surface area contributed by atoms with E-state index in [-0.39, 0.29) is 5.75 Å². The van der Waals surface area contributed by atoms with Crippen LogP contribution in [0.1, 0.15) is 23.0 Å². The van der Waals surface area contributed by atoms with Crippen molar-refractivity contribution in [3.63, 3.8) is 0 Å². The van der Waals surface area contributed by atoms with Crippen LogP contribution in [0.5, 0.6) is 11.5 Å². The molecular formula is C19H18N4O3. The fourth-order valence-electron chi connectivity index (χ4n) is 2.31. The summed E-state index contributed by atoms with van der Waals surface area (Å²) < 4.78 is 5.12. The maximum atomic E-state index is 12.2. The van der Waals surface area contributed by atoms with Gasteiger partial charge in [-0.05, 0) is 67.1 Å². The smallest absolute Gasteiger partial charge is 0.289 e. The number of carbonyl (C=O) groups excluding carboxylic acids is 1. The Morgan fingerprint density at radius 2 is 1.85 bits per heavy atom. The Morgan fingerprint density at radius 3 is 2.50 bits per heavy atom. The van der Waals surface area contributed by atoms with Gasteiger partial charge in [-0.2, -0.15) is 10.2 Å². The zero-order valence-electron chi connectivity index (χ0n) is 14.4. The van der Waals surface area contributed by atoms with Crippen LogP contribution in [-0.2, 0) is 0 Å². The molecule has 0 aliphatic rings. The van der Waals surface area contributed by atoms with Crippen LogP contribution in [0.15, 0.2) is 59.7 Å². The number of nitrogens with zero attached hydrogens (tertiary/aromatic N) is 2. The van der Waals surface area contributed by atoms with Crippen LogP contribution < -0.4 is 10.2 Å². The molecule has 26 heavy (non-hydrogen) atoms. The van der Waals surface area contributed by atoms with Gasteiger partial charge in [0.15, 0.2) is 0 Å². The SMILES string of the molecule is COc1ccc(-c2cc(C(=O)N/N=C(/C)c3ccc(O)cc3)[nH]n2)cc1. The van der Waals surface area contributed by atoms with Gasteiger partial charge in [0.1, 0.15) is 17.2 Å². The van der Waals surface area contributed by atoms with Crippen LogP contribution in [0.25, 0.3) is 11.3 Å². The van der Waals surface area contributed by atoms with Gasteiger partial charge in [0.25, 0.3) is 5.91 Å². The van der Waals surface area contributed by atoms with Crippen LogP contribution in [0.2, 0.25) is 0 Å². The van der Waals surface area contributed by atoms with Crippen molar-refractivity contribution in [2.24, 2.45) is 5.10 Å². The third kappa shape index (κ3) is 3.89. The molecular weight excluding hydrogens is 332 g/mol. The van der Waals surface area contributed by atoms with Gasteiger partial charge in [-0.1, -0.05) is 0 Å². The molecule has 132 valence electrons. The molecule has 0 bridgehead atoms. The molecule has 1 amide bonds. The van der Waals surface area contributed by atoms with E-state index in [0.29, 0.717) is 17.1 Å². The maximum Gasteiger partial charge on any atom is 0.289 e. The predicted octanol–water partition coefficient (Wildman–Crippen LogP) is 2.94. The monoisotopic (exact) mass is 350 g/mol. The molecule has 0 aliphatic heterocycles. The average molecular weight is 350 g/mol. The highest BCUT2D eigenvalue weighted by Gasteiger charge is 2.11. The lowest BCUT2D eigenvalue weighted by Gasteiger charge is -2.02. The molecule has 3 aromatic rings. The summed E-state index contributed by atoms with van der Waals surface area (Å²) in [5.74, 6) is 0.533. The Bertz CT molecular complexity index is 928. The molecule has 7 nitrogen and oxygen atoms in total. The highest BCUT2D eigenvalue weighted by Crippen LogP contribution is 2.21. The Morgan fingerprint density at radius 1 is 1.15 bits per heavy atom. The zero-order valence-corrected chi connectivity index (χ0v) is 14.4. The first-order chi connectivity index (χ1) is 12.6. The van der Waals surface area contributed by atoms with Gasteiger partial charge in [0.05, 0.1) is 18.5 Å². The quantitative estimate of drug-likeness (QED) is 0.486. The molecule has 0 radical (unpaired) electrons. The van der Waals surface area contributed by atoms with Crippen LogP contribution in [-0.4, -0.2) is 34.0 Å². The summed E-state index contributed by atoms with van der Waals surface area (Å²) in [5, 5.41) is 20.2. The minimum atomic E-state index is -0.393. The number of methoxy groups -OCH3 is 1. The Hall–Kier alpha value is -3.61. The molecule has 1 aromatic heterocycles. The molecule has 7 heteroatoms. The minimum Gasteiger partial charge on any atom is -0.508 e. The second-order valence-corrected chi connectivity index (χ2v) is 5.58. The number of nitrogens with one attached hydrogen (secondary N) is 2.